The predicted molar refractivity (Wildman–Crippen MR) is 92.5 cm³/mol. The van der Waals surface area contributed by atoms with Crippen molar-refractivity contribution in [3.8, 4) is 0 Å². The van der Waals surface area contributed by atoms with Gasteiger partial charge in [-0.15, -0.1) is 0 Å². The van der Waals surface area contributed by atoms with Gasteiger partial charge in [0.25, 0.3) is 0 Å². The molecule has 1 atom stereocenters. The SMILES string of the molecule is CC1(C)COC(c2ccccc2)CN1C(=O)OCc1ccccc1. The van der Waals surface area contributed by atoms with Crippen molar-refractivity contribution in [1.29, 1.82) is 0 Å². The van der Waals surface area contributed by atoms with E-state index in [0.29, 0.717) is 13.2 Å². The van der Waals surface area contributed by atoms with Crippen LogP contribution >= 0.6 is 0 Å². The van der Waals surface area contributed by atoms with Gasteiger partial charge >= 0.3 is 6.09 Å². The molecule has 126 valence electrons. The molecule has 2 aromatic rings. The second kappa shape index (κ2) is 7.05. The molecule has 24 heavy (non-hydrogen) atoms. The van der Waals surface area contributed by atoms with Crippen molar-refractivity contribution >= 4 is 6.09 Å². The summed E-state index contributed by atoms with van der Waals surface area (Å²) in [5.41, 5.74) is 1.67. The van der Waals surface area contributed by atoms with E-state index < -0.39 is 0 Å². The highest BCUT2D eigenvalue weighted by Crippen LogP contribution is 2.30. The van der Waals surface area contributed by atoms with E-state index in [1.165, 1.54) is 0 Å². The highest BCUT2D eigenvalue weighted by atomic mass is 16.6. The third-order valence-corrected chi connectivity index (χ3v) is 4.31. The van der Waals surface area contributed by atoms with Crippen LogP contribution in [-0.2, 0) is 16.1 Å². The summed E-state index contributed by atoms with van der Waals surface area (Å²) in [7, 11) is 0. The molecule has 1 heterocycles. The summed E-state index contributed by atoms with van der Waals surface area (Å²) in [5, 5.41) is 0. The highest BCUT2D eigenvalue weighted by molar-refractivity contribution is 5.69. The van der Waals surface area contributed by atoms with E-state index in [-0.39, 0.29) is 24.3 Å². The van der Waals surface area contributed by atoms with Crippen molar-refractivity contribution in [2.45, 2.75) is 32.1 Å². The molecule has 4 nitrogen and oxygen atoms in total. The zero-order valence-corrected chi connectivity index (χ0v) is 14.1. The number of ether oxygens (including phenoxy) is 2. The lowest BCUT2D eigenvalue weighted by Gasteiger charge is -2.44. The van der Waals surface area contributed by atoms with Gasteiger partial charge in [0.05, 0.1) is 18.7 Å². The number of rotatable bonds is 3. The van der Waals surface area contributed by atoms with E-state index in [2.05, 4.69) is 0 Å². The molecule has 3 rings (SSSR count). The number of carbonyl (C=O) groups excluding carboxylic acids is 1. The minimum Gasteiger partial charge on any atom is -0.445 e. The van der Waals surface area contributed by atoms with E-state index >= 15 is 0 Å². The van der Waals surface area contributed by atoms with Crippen LogP contribution in [0.3, 0.4) is 0 Å². The smallest absolute Gasteiger partial charge is 0.410 e. The molecule has 2 aromatic carbocycles. The van der Waals surface area contributed by atoms with Gasteiger partial charge < -0.3 is 9.47 Å². The molecule has 1 amide bonds. The van der Waals surface area contributed by atoms with E-state index in [0.717, 1.165) is 11.1 Å². The summed E-state index contributed by atoms with van der Waals surface area (Å²) in [6.07, 6.45) is -0.420. The Bertz CT molecular complexity index is 670. The maximum absolute atomic E-state index is 12.6. The first-order chi connectivity index (χ1) is 11.6. The fraction of sp³-hybridized carbons (Fsp3) is 0.350. The van der Waals surface area contributed by atoms with Gasteiger partial charge in [0.15, 0.2) is 0 Å². The normalized spacial score (nSPS) is 19.8. The van der Waals surface area contributed by atoms with Crippen LogP contribution in [0.1, 0.15) is 31.1 Å². The Hall–Kier alpha value is -2.33. The first kappa shape index (κ1) is 16.5. The minimum absolute atomic E-state index is 0.122. The summed E-state index contributed by atoms with van der Waals surface area (Å²) >= 11 is 0. The molecule has 0 aromatic heterocycles. The van der Waals surface area contributed by atoms with E-state index in [9.17, 15) is 4.79 Å². The molecule has 0 radical (unpaired) electrons. The van der Waals surface area contributed by atoms with Crippen LogP contribution in [0.25, 0.3) is 0 Å². The van der Waals surface area contributed by atoms with Gasteiger partial charge in [-0.05, 0) is 25.0 Å². The fourth-order valence-electron chi connectivity index (χ4n) is 2.84. The lowest BCUT2D eigenvalue weighted by Crippen LogP contribution is -2.56. The van der Waals surface area contributed by atoms with Gasteiger partial charge in [0.2, 0.25) is 0 Å². The second-order valence-corrected chi connectivity index (χ2v) is 6.67. The zero-order chi connectivity index (χ0) is 17.0. The second-order valence-electron chi connectivity index (χ2n) is 6.67. The molecule has 0 spiro atoms. The first-order valence-corrected chi connectivity index (χ1v) is 8.21. The molecule has 1 unspecified atom stereocenters. The summed E-state index contributed by atoms with van der Waals surface area (Å²) in [6, 6.07) is 19.7. The van der Waals surface area contributed by atoms with Crippen molar-refractivity contribution in [2.24, 2.45) is 0 Å². The Morgan fingerprint density at radius 2 is 1.75 bits per heavy atom. The van der Waals surface area contributed by atoms with Crippen LogP contribution in [0.5, 0.6) is 0 Å². The molecule has 1 aliphatic heterocycles. The van der Waals surface area contributed by atoms with Crippen LogP contribution in [0.2, 0.25) is 0 Å². The average Bonchev–Trinajstić information content (AvgIpc) is 2.61. The number of benzene rings is 2. The molecule has 1 aliphatic rings. The van der Waals surface area contributed by atoms with Crippen molar-refractivity contribution in [2.75, 3.05) is 13.2 Å². The molecule has 0 aliphatic carbocycles. The number of hydrogen-bond acceptors (Lipinski definition) is 3. The standard InChI is InChI=1S/C20H23NO3/c1-20(2)15-24-18(17-11-7-4-8-12-17)13-21(20)19(22)23-14-16-9-5-3-6-10-16/h3-12,18H,13-15H2,1-2H3. The molecule has 0 bridgehead atoms. The lowest BCUT2D eigenvalue weighted by molar-refractivity contribution is -0.0925. The molecule has 0 saturated carbocycles. The van der Waals surface area contributed by atoms with Crippen molar-refractivity contribution in [3.05, 3.63) is 71.8 Å². The summed E-state index contributed by atoms with van der Waals surface area (Å²) < 4.78 is 11.5. The third-order valence-electron chi connectivity index (χ3n) is 4.31. The maximum atomic E-state index is 12.6. The monoisotopic (exact) mass is 325 g/mol. The lowest BCUT2D eigenvalue weighted by atomic mass is 9.99. The van der Waals surface area contributed by atoms with Gasteiger partial charge in [-0.1, -0.05) is 60.7 Å². The van der Waals surface area contributed by atoms with Gasteiger partial charge in [-0.2, -0.15) is 0 Å². The van der Waals surface area contributed by atoms with E-state index in [1.807, 2.05) is 74.5 Å². The number of morpholine rings is 1. The Morgan fingerprint density at radius 3 is 2.42 bits per heavy atom. The molecule has 4 heteroatoms. The van der Waals surface area contributed by atoms with Crippen LogP contribution in [0.4, 0.5) is 4.79 Å². The van der Waals surface area contributed by atoms with Gasteiger partial charge in [0, 0.05) is 0 Å². The number of carbonyl (C=O) groups is 1. The number of nitrogens with zero attached hydrogens (tertiary/aromatic N) is 1. The summed E-state index contributed by atoms with van der Waals surface area (Å²) in [6.45, 7) is 5.25. The highest BCUT2D eigenvalue weighted by Gasteiger charge is 2.39. The molecular formula is C20H23NO3. The van der Waals surface area contributed by atoms with Gasteiger partial charge in [-0.25, -0.2) is 4.79 Å². The van der Waals surface area contributed by atoms with Crippen LogP contribution < -0.4 is 0 Å². The first-order valence-electron chi connectivity index (χ1n) is 8.21. The molecule has 0 N–H and O–H groups in total. The number of hydrogen-bond donors (Lipinski definition) is 0. The van der Waals surface area contributed by atoms with Crippen molar-refractivity contribution in [1.82, 2.24) is 4.90 Å². The average molecular weight is 325 g/mol. The van der Waals surface area contributed by atoms with Crippen LogP contribution in [-0.4, -0.2) is 29.7 Å². The third kappa shape index (κ3) is 3.77. The fourth-order valence-corrected chi connectivity index (χ4v) is 2.84. The molecular weight excluding hydrogens is 302 g/mol. The van der Waals surface area contributed by atoms with Gasteiger partial charge in [-0.3, -0.25) is 4.90 Å². The van der Waals surface area contributed by atoms with E-state index in [1.54, 1.807) is 4.90 Å². The molecule has 1 fully saturated rings. The number of amides is 1. The van der Waals surface area contributed by atoms with Crippen molar-refractivity contribution in [3.63, 3.8) is 0 Å². The Kier molecular flexibility index (Phi) is 4.86. The largest absolute Gasteiger partial charge is 0.445 e. The summed E-state index contributed by atoms with van der Waals surface area (Å²) in [4.78, 5) is 14.4. The van der Waals surface area contributed by atoms with E-state index in [4.69, 9.17) is 9.47 Å². The van der Waals surface area contributed by atoms with Crippen molar-refractivity contribution < 1.29 is 14.3 Å². The van der Waals surface area contributed by atoms with Crippen LogP contribution in [0.15, 0.2) is 60.7 Å². The van der Waals surface area contributed by atoms with Crippen LogP contribution in [0, 0.1) is 0 Å². The quantitative estimate of drug-likeness (QED) is 0.850. The zero-order valence-electron chi connectivity index (χ0n) is 14.1. The maximum Gasteiger partial charge on any atom is 0.410 e. The Labute approximate surface area is 143 Å². The predicted octanol–water partition coefficient (Wildman–Crippen LogP) is 4.18. The topological polar surface area (TPSA) is 38.8 Å². The molecule has 1 saturated heterocycles. The van der Waals surface area contributed by atoms with Gasteiger partial charge in [0.1, 0.15) is 12.7 Å². The summed E-state index contributed by atoms with van der Waals surface area (Å²) in [5.74, 6) is 0. The Morgan fingerprint density at radius 1 is 1.12 bits per heavy atom. The Balaban J connectivity index is 1.68. The minimum atomic E-state index is -0.390.